The first-order valence-electron chi connectivity index (χ1n) is 9.08. The molecule has 0 bridgehead atoms. The summed E-state index contributed by atoms with van der Waals surface area (Å²) in [6.07, 6.45) is 4.40. The lowest BCUT2D eigenvalue weighted by Gasteiger charge is -2.32. The van der Waals surface area contributed by atoms with Gasteiger partial charge in [-0.05, 0) is 63.7 Å². The first-order chi connectivity index (χ1) is 12.3. The Morgan fingerprint density at radius 2 is 1.92 bits per heavy atom. The van der Waals surface area contributed by atoms with Crippen molar-refractivity contribution in [2.24, 2.45) is 0 Å². The van der Waals surface area contributed by atoms with Gasteiger partial charge in [0.1, 0.15) is 0 Å². The van der Waals surface area contributed by atoms with E-state index in [0.717, 1.165) is 16.7 Å². The highest BCUT2D eigenvalue weighted by Gasteiger charge is 2.52. The van der Waals surface area contributed by atoms with Gasteiger partial charge in [0.05, 0.1) is 35.1 Å². The lowest BCUT2D eigenvalue weighted by Crippen LogP contribution is -2.41. The Kier molecular flexibility index (Phi) is 3.94. The number of hydrogen-bond acceptors (Lipinski definition) is 5. The topological polar surface area (TPSA) is 73.0 Å². The summed E-state index contributed by atoms with van der Waals surface area (Å²) in [5.74, 6) is 0.566. The second-order valence-electron chi connectivity index (χ2n) is 8.23. The summed E-state index contributed by atoms with van der Waals surface area (Å²) in [6, 6.07) is 7.83. The van der Waals surface area contributed by atoms with Gasteiger partial charge in [-0.1, -0.05) is 11.3 Å². The maximum absolute atomic E-state index is 9.29. The van der Waals surface area contributed by atoms with Gasteiger partial charge in [0.15, 0.2) is 0 Å². The summed E-state index contributed by atoms with van der Waals surface area (Å²) in [4.78, 5) is 0. The smallest absolute Gasteiger partial charge is 0.399 e. The van der Waals surface area contributed by atoms with Crippen LogP contribution in [0.3, 0.4) is 0 Å². The van der Waals surface area contributed by atoms with Gasteiger partial charge < -0.3 is 9.31 Å². The van der Waals surface area contributed by atoms with E-state index >= 15 is 0 Å². The maximum atomic E-state index is 9.29. The van der Waals surface area contributed by atoms with E-state index in [1.165, 1.54) is 12.8 Å². The average Bonchev–Trinajstić information content (AvgIpc) is 3.28. The van der Waals surface area contributed by atoms with Crippen molar-refractivity contribution >= 4 is 12.6 Å². The molecule has 1 aromatic heterocycles. The molecular formula is C19H23BN4O2. The first-order valence-corrected chi connectivity index (χ1v) is 9.08. The molecule has 0 amide bonds. The summed E-state index contributed by atoms with van der Waals surface area (Å²) < 4.78 is 14.2. The Labute approximate surface area is 154 Å². The van der Waals surface area contributed by atoms with Crippen LogP contribution >= 0.6 is 0 Å². The van der Waals surface area contributed by atoms with E-state index in [1.807, 2.05) is 50.7 Å². The number of nitriles is 1. The van der Waals surface area contributed by atoms with Crippen LogP contribution in [-0.2, 0) is 15.9 Å². The summed E-state index contributed by atoms with van der Waals surface area (Å²) in [5.41, 5.74) is 2.76. The molecule has 0 N–H and O–H groups in total. The number of nitrogens with zero attached hydrogens (tertiary/aromatic N) is 4. The highest BCUT2D eigenvalue weighted by Crippen LogP contribution is 2.39. The monoisotopic (exact) mass is 350 g/mol. The molecule has 1 aliphatic carbocycles. The molecule has 6 nitrogen and oxygen atoms in total. The molecule has 0 radical (unpaired) electrons. The van der Waals surface area contributed by atoms with Gasteiger partial charge in [-0.3, -0.25) is 0 Å². The van der Waals surface area contributed by atoms with Crippen molar-refractivity contribution in [2.45, 2.75) is 64.2 Å². The number of aromatic nitrogens is 3. The van der Waals surface area contributed by atoms with Crippen LogP contribution < -0.4 is 5.46 Å². The van der Waals surface area contributed by atoms with Crippen LogP contribution in [0.15, 0.2) is 24.4 Å². The molecule has 2 fully saturated rings. The van der Waals surface area contributed by atoms with Crippen molar-refractivity contribution in [1.82, 2.24) is 15.0 Å². The van der Waals surface area contributed by atoms with Crippen LogP contribution in [-0.4, -0.2) is 33.3 Å². The number of rotatable bonds is 4. The zero-order valence-corrected chi connectivity index (χ0v) is 15.7. The minimum atomic E-state index is -0.464. The maximum Gasteiger partial charge on any atom is 0.495 e. The van der Waals surface area contributed by atoms with Crippen LogP contribution in [0.2, 0.25) is 0 Å². The molecular weight excluding hydrogens is 327 g/mol. The molecule has 1 saturated carbocycles. The van der Waals surface area contributed by atoms with Gasteiger partial charge in [0, 0.05) is 12.1 Å². The van der Waals surface area contributed by atoms with Gasteiger partial charge in [-0.2, -0.15) is 5.26 Å². The van der Waals surface area contributed by atoms with Crippen LogP contribution in [0.5, 0.6) is 0 Å². The van der Waals surface area contributed by atoms with Gasteiger partial charge in [-0.15, -0.1) is 5.10 Å². The molecule has 26 heavy (non-hydrogen) atoms. The number of hydrogen-bond donors (Lipinski definition) is 0. The van der Waals surface area contributed by atoms with E-state index in [-0.39, 0.29) is 0 Å². The molecule has 1 saturated heterocycles. The van der Waals surface area contributed by atoms with E-state index in [4.69, 9.17) is 9.31 Å². The molecule has 134 valence electrons. The van der Waals surface area contributed by atoms with Crippen LogP contribution in [0, 0.1) is 11.3 Å². The van der Waals surface area contributed by atoms with Crippen LogP contribution in [0.1, 0.15) is 63.3 Å². The van der Waals surface area contributed by atoms with Crippen molar-refractivity contribution in [1.29, 1.82) is 5.26 Å². The van der Waals surface area contributed by atoms with Crippen molar-refractivity contribution in [3.8, 4) is 6.07 Å². The molecule has 2 aromatic rings. The zero-order valence-electron chi connectivity index (χ0n) is 15.7. The molecule has 1 aliphatic heterocycles. The quantitative estimate of drug-likeness (QED) is 0.792. The Morgan fingerprint density at radius 3 is 2.54 bits per heavy atom. The second-order valence-corrected chi connectivity index (χ2v) is 8.23. The second kappa shape index (κ2) is 5.93. The van der Waals surface area contributed by atoms with E-state index < -0.39 is 18.3 Å². The van der Waals surface area contributed by atoms with Crippen molar-refractivity contribution in [3.63, 3.8) is 0 Å². The fourth-order valence-corrected chi connectivity index (χ4v) is 3.14. The minimum absolute atomic E-state index is 0.408. The van der Waals surface area contributed by atoms with Crippen LogP contribution in [0.25, 0.3) is 0 Å². The largest absolute Gasteiger partial charge is 0.495 e. The molecule has 7 heteroatoms. The molecule has 0 spiro atoms. The fraction of sp³-hybridized carbons (Fsp3) is 0.526. The Balaban J connectivity index is 1.65. The lowest BCUT2D eigenvalue weighted by molar-refractivity contribution is 0.00578. The van der Waals surface area contributed by atoms with Gasteiger partial charge in [0.2, 0.25) is 0 Å². The highest BCUT2D eigenvalue weighted by molar-refractivity contribution is 6.62. The van der Waals surface area contributed by atoms with Crippen LogP contribution in [0.4, 0.5) is 0 Å². The van der Waals surface area contributed by atoms with Gasteiger partial charge >= 0.3 is 7.12 Å². The third-order valence-corrected chi connectivity index (χ3v) is 5.66. The predicted molar refractivity (Wildman–Crippen MR) is 98.0 cm³/mol. The van der Waals surface area contributed by atoms with E-state index in [1.54, 1.807) is 6.07 Å². The summed E-state index contributed by atoms with van der Waals surface area (Å²) in [6.45, 7) is 8.69. The molecule has 0 atom stereocenters. The van der Waals surface area contributed by atoms with Gasteiger partial charge in [-0.25, -0.2) is 4.68 Å². The molecule has 2 aliphatic rings. The molecule has 0 unspecified atom stereocenters. The third-order valence-electron chi connectivity index (χ3n) is 5.66. The predicted octanol–water partition coefficient (Wildman–Crippen LogP) is 2.37. The molecule has 2 heterocycles. The minimum Gasteiger partial charge on any atom is -0.399 e. The Bertz CT molecular complexity index is 864. The summed E-state index contributed by atoms with van der Waals surface area (Å²) >= 11 is 0. The van der Waals surface area contributed by atoms with E-state index in [0.29, 0.717) is 18.0 Å². The van der Waals surface area contributed by atoms with Crippen molar-refractivity contribution < 1.29 is 9.31 Å². The Hall–Kier alpha value is -2.17. The van der Waals surface area contributed by atoms with Crippen molar-refractivity contribution in [2.75, 3.05) is 0 Å². The standard InChI is InChI=1S/C19H23BN4O2/c1-18(2)19(3,4)26-20(25-18)16-8-5-13(10-21)9-15(16)11-24-12-17(22-23-24)14-6-7-14/h5,8-9,12,14H,6-7,11H2,1-4H3. The fourth-order valence-electron chi connectivity index (χ4n) is 3.14. The highest BCUT2D eigenvalue weighted by atomic mass is 16.7. The zero-order chi connectivity index (χ0) is 18.5. The van der Waals surface area contributed by atoms with Gasteiger partial charge in [0.25, 0.3) is 0 Å². The summed E-state index contributed by atoms with van der Waals surface area (Å²) in [5, 5.41) is 17.8. The molecule has 1 aromatic carbocycles. The van der Waals surface area contributed by atoms with E-state index in [9.17, 15) is 5.26 Å². The van der Waals surface area contributed by atoms with Crippen molar-refractivity contribution in [3.05, 3.63) is 41.2 Å². The Morgan fingerprint density at radius 1 is 1.23 bits per heavy atom. The molecule has 4 rings (SSSR count). The first kappa shape index (κ1) is 17.3. The lowest BCUT2D eigenvalue weighted by atomic mass is 9.75. The number of benzene rings is 1. The summed E-state index contributed by atoms with van der Waals surface area (Å²) in [7, 11) is -0.464. The normalized spacial score (nSPS) is 21.0. The van der Waals surface area contributed by atoms with E-state index in [2.05, 4.69) is 16.4 Å². The average molecular weight is 350 g/mol. The SMILES string of the molecule is CC1(C)OB(c2ccc(C#N)cc2Cn2cc(C3CC3)nn2)OC1(C)C. The third kappa shape index (κ3) is 3.04.